The zero-order valence-corrected chi connectivity index (χ0v) is 74.8. The number of nitro benzene ring substituents is 3. The Morgan fingerprint density at radius 1 is 0.508 bits per heavy atom. The van der Waals surface area contributed by atoms with Gasteiger partial charge in [-0.1, -0.05) is 40.2 Å². The van der Waals surface area contributed by atoms with Gasteiger partial charge in [-0.3, -0.25) is 53.9 Å². The number of pyridine rings is 3. The van der Waals surface area contributed by atoms with Crippen LogP contribution in [0.2, 0.25) is 0 Å². The third-order valence-electron chi connectivity index (χ3n) is 22.8. The van der Waals surface area contributed by atoms with E-state index in [1.165, 1.54) is 36.8 Å². The second-order valence-corrected chi connectivity index (χ2v) is 33.5. The Kier molecular flexibility index (Phi) is 28.3. The van der Waals surface area contributed by atoms with Crippen LogP contribution in [0.1, 0.15) is 185 Å². The molecule has 35 nitrogen and oxygen atoms in total. The topological polar surface area (TPSA) is 412 Å². The number of hydrogen-bond donors (Lipinski definition) is 1. The number of ether oxygens (including phenoxy) is 9. The molecule has 4 aromatic carbocycles. The van der Waals surface area contributed by atoms with Crippen molar-refractivity contribution in [3.8, 4) is 67.8 Å². The predicted molar refractivity (Wildman–Crippen MR) is 472 cm³/mol. The Balaban J connectivity index is 0.000000145. The fourth-order valence-corrected chi connectivity index (χ4v) is 16.3. The molecule has 126 heavy (non-hydrogen) atoms. The van der Waals surface area contributed by atoms with E-state index in [1.807, 2.05) is 113 Å². The number of nitro groups is 3. The number of H-pyrrole nitrogens is 1. The van der Waals surface area contributed by atoms with Gasteiger partial charge in [-0.05, 0) is 205 Å². The number of rotatable bonds is 23. The van der Waals surface area contributed by atoms with E-state index in [2.05, 4.69) is 63.4 Å². The predicted octanol–water partition coefficient (Wildman–Crippen LogP) is 15.9. The summed E-state index contributed by atoms with van der Waals surface area (Å²) >= 11 is 3.33. The molecule has 5 fully saturated rings. The molecular formula is C89H102BBrN14O21. The first-order chi connectivity index (χ1) is 60.1. The normalized spacial score (nSPS) is 17.5. The van der Waals surface area contributed by atoms with Gasteiger partial charge in [0.25, 0.3) is 22.6 Å². The van der Waals surface area contributed by atoms with Crippen LogP contribution in [0.25, 0.3) is 77.8 Å². The average molecular weight is 1790 g/mol. The second-order valence-electron chi connectivity index (χ2n) is 32.7. The van der Waals surface area contributed by atoms with Gasteiger partial charge in [-0.25, -0.2) is 24.4 Å². The van der Waals surface area contributed by atoms with Crippen LogP contribution in [0.15, 0.2) is 113 Å². The number of carbonyl (C=O) groups is 3. The Bertz CT molecular complexity index is 5990. The van der Waals surface area contributed by atoms with Crippen molar-refractivity contribution < 1.29 is 81.1 Å². The summed E-state index contributed by atoms with van der Waals surface area (Å²) in [6.07, 6.45) is 12.4. The molecule has 664 valence electrons. The van der Waals surface area contributed by atoms with Gasteiger partial charge < -0.3 is 56.9 Å². The number of nitrogens with zero attached hydrogens (tertiary/aromatic N) is 13. The third kappa shape index (κ3) is 19.1. The van der Waals surface area contributed by atoms with Crippen molar-refractivity contribution in [2.24, 2.45) is 0 Å². The minimum absolute atomic E-state index is 0.0443. The summed E-state index contributed by atoms with van der Waals surface area (Å²) in [7, 11) is -0.750. The molecule has 5 aliphatic heterocycles. The van der Waals surface area contributed by atoms with Gasteiger partial charge in [0.15, 0.2) is 0 Å². The summed E-state index contributed by atoms with van der Waals surface area (Å²) in [6.45, 7) is 35.2. The number of hydrogen-bond acceptors (Lipinski definition) is 27. The summed E-state index contributed by atoms with van der Waals surface area (Å²) in [6, 6.07) is 18.9. The molecule has 4 atom stereocenters. The molecule has 0 radical (unpaired) electrons. The molecular weight excluding hydrogens is 1690 g/mol. The average Bonchev–Trinajstić information content (AvgIpc) is 1.46. The lowest BCUT2D eigenvalue weighted by atomic mass is 9.78. The van der Waals surface area contributed by atoms with Gasteiger partial charge >= 0.3 is 25.0 Å². The first-order valence-corrected chi connectivity index (χ1v) is 42.7. The lowest BCUT2D eigenvalue weighted by Gasteiger charge is -2.32. The largest absolute Gasteiger partial charge is 0.495 e. The van der Waals surface area contributed by atoms with Gasteiger partial charge in [0.1, 0.15) is 16.7 Å². The van der Waals surface area contributed by atoms with E-state index in [4.69, 9.17) is 51.9 Å². The smallest absolute Gasteiger partial charge is 0.475 e. The van der Waals surface area contributed by atoms with Crippen molar-refractivity contribution in [2.75, 3.05) is 72.7 Å². The minimum atomic E-state index is -0.750. The second kappa shape index (κ2) is 38.9. The lowest BCUT2D eigenvalue weighted by molar-refractivity contribution is -0.384. The van der Waals surface area contributed by atoms with Crippen molar-refractivity contribution in [3.63, 3.8) is 0 Å². The SMILES string of the molecule is CCOC(=O)c1cnn([C@H]2CCOC2)c1-c1cc(C)c(Br)cc1[N+](=O)[O-].CCOC(=O)c1cnn([C@H]2CCOC2)c1-c1ccc(-c2c(C)cnc(OC(C)C)c2C)cc1[N+](=O)[O-].CCOC(=O)c1cnn([C@H]2CCOC2)c1-c1ccc(B2OC(C)(C)C(C)(C)O2)cc1[N+](=O)[O-].Cc1cnc(OC(C)C)c(C)c1-c1ccc2c(c1)[nH]c(=O)c1cnn([C@H]3CCOC3)c12. The maximum Gasteiger partial charge on any atom is 0.495 e. The standard InChI is InChI=1S/C26H30N4O6.C24H26N4O3.C22H28BN3O7.C17H18BrN3O5/c1-6-35-26(31)21-13-28-29(19-9-10-34-14-19)24(21)20-8-7-18(11-22(20)30(32)33)23-16(4)12-27-25(17(23)5)36-15(2)3;1-13(2)31-24-15(4)21(14(3)10-25-24)16-5-6-18-20(9-16)27-23(29)19-11-26-28(22(18)19)17-7-8-30-12-17;1-6-31-20(27)17-12-24-25(15-9-10-30-13-15)19(17)16-8-7-14(11-18(16)26(28)29)23-32-21(2,3)22(4,5)33-23;1-3-26-17(22)13-8-19-20(11-4-5-25-9-11)16(13)12-6-10(2)14(18)7-15(12)21(23)24/h7-8,11-13,15,19H,6,9-10,14H2,1-5H3;5-6,9-11,13,17H,7-8,12H2,1-4H3,(H,27,29);7-8,11-12,15H,6,9-10,13H2,1-5H3;6-8,11H,3-5,9H2,1-2H3/t19-;17-;15-;11-/m0000/s1. The minimum Gasteiger partial charge on any atom is -0.475 e. The van der Waals surface area contributed by atoms with E-state index in [1.54, 1.807) is 71.5 Å². The van der Waals surface area contributed by atoms with Crippen molar-refractivity contribution in [3.05, 3.63) is 194 Å². The molecule has 0 aliphatic carbocycles. The van der Waals surface area contributed by atoms with Gasteiger partial charge in [0.05, 0.1) is 184 Å². The van der Waals surface area contributed by atoms with Crippen molar-refractivity contribution in [1.82, 2.24) is 54.1 Å². The third-order valence-corrected chi connectivity index (χ3v) is 23.7. The van der Waals surface area contributed by atoms with Crippen molar-refractivity contribution in [1.29, 1.82) is 0 Å². The van der Waals surface area contributed by atoms with E-state index in [0.29, 0.717) is 120 Å². The van der Waals surface area contributed by atoms with Crippen LogP contribution in [-0.2, 0) is 42.5 Å². The number of benzene rings is 4. The van der Waals surface area contributed by atoms with Crippen LogP contribution in [0, 0.1) is 65.0 Å². The fraction of sp³-hybridized carbons (Fsp3) is 0.438. The van der Waals surface area contributed by atoms with E-state index in [9.17, 15) is 49.5 Å². The van der Waals surface area contributed by atoms with Crippen LogP contribution in [-0.4, -0.2) is 190 Å². The zero-order valence-electron chi connectivity index (χ0n) is 73.2. The number of carbonyl (C=O) groups excluding carboxylic acids is 3. The molecule has 11 aromatic rings. The summed E-state index contributed by atoms with van der Waals surface area (Å²) in [4.78, 5) is 97.2. The molecule has 0 unspecified atom stereocenters. The summed E-state index contributed by atoms with van der Waals surface area (Å²) in [5.74, 6) is -0.586. The lowest BCUT2D eigenvalue weighted by Crippen LogP contribution is -2.41. The first-order valence-electron chi connectivity index (χ1n) is 41.9. The van der Waals surface area contributed by atoms with Crippen molar-refractivity contribution in [2.45, 2.75) is 184 Å². The zero-order chi connectivity index (χ0) is 90.5. The van der Waals surface area contributed by atoms with Gasteiger partial charge in [0, 0.05) is 78.0 Å². The Labute approximate surface area is 734 Å². The van der Waals surface area contributed by atoms with Crippen LogP contribution < -0.4 is 20.5 Å². The summed E-state index contributed by atoms with van der Waals surface area (Å²) < 4.78 is 68.9. The van der Waals surface area contributed by atoms with Gasteiger partial charge in [0.2, 0.25) is 11.8 Å². The van der Waals surface area contributed by atoms with Gasteiger partial charge in [-0.15, -0.1) is 0 Å². The highest BCUT2D eigenvalue weighted by Crippen LogP contribution is 2.45. The van der Waals surface area contributed by atoms with E-state index >= 15 is 0 Å². The molecule has 7 aromatic heterocycles. The molecule has 0 spiro atoms. The van der Waals surface area contributed by atoms with Crippen LogP contribution in [0.4, 0.5) is 17.1 Å². The Hall–Kier alpha value is -12.0. The molecule has 5 saturated heterocycles. The molecule has 37 heteroatoms. The van der Waals surface area contributed by atoms with Crippen LogP contribution in [0.3, 0.4) is 0 Å². The number of nitrogens with one attached hydrogen (secondary N) is 1. The van der Waals surface area contributed by atoms with Crippen LogP contribution in [0.5, 0.6) is 11.8 Å². The Morgan fingerprint density at radius 3 is 1.31 bits per heavy atom. The number of fused-ring (bicyclic) bond motifs is 3. The summed E-state index contributed by atoms with van der Waals surface area (Å²) in [5, 5.41) is 55.3. The number of aromatic amines is 1. The Morgan fingerprint density at radius 2 is 0.897 bits per heavy atom. The quantitative estimate of drug-likeness (QED) is 0.0204. The van der Waals surface area contributed by atoms with Crippen molar-refractivity contribution >= 4 is 85.3 Å². The van der Waals surface area contributed by atoms with E-state index in [0.717, 1.165) is 80.4 Å². The molecule has 0 saturated carbocycles. The maximum atomic E-state index is 12.8. The van der Waals surface area contributed by atoms with E-state index < -0.39 is 51.0 Å². The first kappa shape index (κ1) is 91.7. The highest BCUT2D eigenvalue weighted by molar-refractivity contribution is 9.10. The summed E-state index contributed by atoms with van der Waals surface area (Å²) in [5.41, 5.74) is 11.1. The molecule has 16 rings (SSSR count). The molecule has 1 N–H and O–H groups in total. The monoisotopic (exact) mass is 1790 g/mol. The number of esters is 3. The number of aromatic nitrogens is 11. The highest BCUT2D eigenvalue weighted by atomic mass is 79.9. The van der Waals surface area contributed by atoms with E-state index in [-0.39, 0.29) is 101 Å². The van der Waals surface area contributed by atoms with Crippen LogP contribution >= 0.6 is 15.9 Å². The molecule has 0 bridgehead atoms. The maximum absolute atomic E-state index is 12.8. The number of aryl methyl sites for hydroxylation is 3. The fourth-order valence-electron chi connectivity index (χ4n) is 16.0. The highest BCUT2D eigenvalue weighted by Gasteiger charge is 2.52. The van der Waals surface area contributed by atoms with Gasteiger partial charge in [-0.2, -0.15) is 20.4 Å². The molecule has 0 amide bonds. The number of halogens is 1. The molecule has 12 heterocycles. The molecule has 5 aliphatic rings.